The van der Waals surface area contributed by atoms with Gasteiger partial charge in [0.15, 0.2) is 0 Å². The summed E-state index contributed by atoms with van der Waals surface area (Å²) in [7, 11) is 3.23. The number of esters is 2. The molecular formula is C35H57NO11. The van der Waals surface area contributed by atoms with Gasteiger partial charge in [0.25, 0.3) is 0 Å². The number of amides is 1. The van der Waals surface area contributed by atoms with Crippen molar-refractivity contribution in [1.29, 1.82) is 0 Å². The lowest BCUT2D eigenvalue weighted by molar-refractivity contribution is -0.157. The summed E-state index contributed by atoms with van der Waals surface area (Å²) < 4.78 is 28.8. The molecule has 12 heteroatoms. The summed E-state index contributed by atoms with van der Waals surface area (Å²) in [6.45, 7) is 12.4. The van der Waals surface area contributed by atoms with E-state index in [2.05, 4.69) is 6.92 Å². The number of allylic oxidation sites excluding steroid dienone is 2. The van der Waals surface area contributed by atoms with Crippen LogP contribution in [0, 0.1) is 17.8 Å². The fourth-order valence-corrected chi connectivity index (χ4v) is 5.93. The first kappa shape index (κ1) is 40.4. The average Bonchev–Trinajstić information content (AvgIpc) is 3.80. The summed E-state index contributed by atoms with van der Waals surface area (Å²) >= 11 is 0. The van der Waals surface area contributed by atoms with Gasteiger partial charge in [0.05, 0.1) is 31.3 Å². The van der Waals surface area contributed by atoms with Crippen LogP contribution in [0.4, 0.5) is 4.79 Å². The first-order chi connectivity index (χ1) is 22.1. The fourth-order valence-electron chi connectivity index (χ4n) is 5.93. The van der Waals surface area contributed by atoms with E-state index in [1.54, 1.807) is 26.3 Å². The van der Waals surface area contributed by atoms with Crippen molar-refractivity contribution in [2.75, 3.05) is 27.3 Å². The predicted octanol–water partition coefficient (Wildman–Crippen LogP) is 3.71. The van der Waals surface area contributed by atoms with Crippen LogP contribution in [0.1, 0.15) is 74.1 Å². The highest BCUT2D eigenvalue weighted by Crippen LogP contribution is 2.39. The number of carbonyl (C=O) groups excluding carboxylic acids is 3. The molecule has 0 aromatic carbocycles. The number of aliphatic hydroxyl groups excluding tert-OH is 2. The zero-order valence-electron chi connectivity index (χ0n) is 29.5. The molecule has 10 unspecified atom stereocenters. The molecule has 1 saturated heterocycles. The van der Waals surface area contributed by atoms with E-state index in [9.17, 15) is 29.7 Å². The third kappa shape index (κ3) is 12.3. The molecule has 2 heterocycles. The average molecular weight is 668 g/mol. The molecule has 11 atom stereocenters. The highest BCUT2D eigenvalue weighted by Gasteiger charge is 2.52. The number of epoxide rings is 1. The summed E-state index contributed by atoms with van der Waals surface area (Å²) in [6, 6.07) is 0. The molecule has 2 aliphatic heterocycles. The maximum Gasteiger partial charge on any atom is 0.409 e. The number of hydrogen-bond acceptors (Lipinski definition) is 11. The van der Waals surface area contributed by atoms with Crippen LogP contribution in [-0.4, -0.2) is 114 Å². The summed E-state index contributed by atoms with van der Waals surface area (Å²) in [5, 5.41) is 30.8. The Morgan fingerprint density at radius 2 is 1.89 bits per heavy atom. The molecule has 0 spiro atoms. The first-order valence-corrected chi connectivity index (χ1v) is 16.6. The van der Waals surface area contributed by atoms with E-state index in [1.807, 2.05) is 45.9 Å². The molecule has 0 saturated carbocycles. The Labute approximate surface area is 279 Å². The van der Waals surface area contributed by atoms with Gasteiger partial charge in [0, 0.05) is 45.4 Å². The van der Waals surface area contributed by atoms with E-state index in [1.165, 1.54) is 18.7 Å². The van der Waals surface area contributed by atoms with Crippen molar-refractivity contribution in [3.05, 3.63) is 36.0 Å². The van der Waals surface area contributed by atoms with E-state index in [4.69, 9.17) is 23.7 Å². The Morgan fingerprint density at radius 3 is 2.49 bits per heavy atom. The second-order valence-electron chi connectivity index (χ2n) is 13.2. The second-order valence-corrected chi connectivity index (χ2v) is 13.2. The first-order valence-electron chi connectivity index (χ1n) is 16.6. The smallest absolute Gasteiger partial charge is 0.409 e. The van der Waals surface area contributed by atoms with E-state index in [0.717, 1.165) is 6.42 Å². The number of nitrogens with zero attached hydrogens (tertiary/aromatic N) is 1. The Morgan fingerprint density at radius 1 is 1.21 bits per heavy atom. The third-order valence-corrected chi connectivity index (χ3v) is 9.04. The number of ether oxygens (including phenoxy) is 5. The Balaban J connectivity index is 2.32. The minimum Gasteiger partial charge on any atom is -0.457 e. The Hall–Kier alpha value is -2.77. The largest absolute Gasteiger partial charge is 0.457 e. The molecule has 0 aromatic rings. The van der Waals surface area contributed by atoms with E-state index in [0.29, 0.717) is 5.57 Å². The van der Waals surface area contributed by atoms with Crippen molar-refractivity contribution in [1.82, 2.24) is 4.90 Å². The lowest BCUT2D eigenvalue weighted by Crippen LogP contribution is -2.42. The van der Waals surface area contributed by atoms with Gasteiger partial charge in [-0.05, 0) is 44.8 Å². The number of carbonyl (C=O) groups is 3. The molecule has 47 heavy (non-hydrogen) atoms. The molecular weight excluding hydrogens is 610 g/mol. The topological polar surface area (TPSA) is 165 Å². The van der Waals surface area contributed by atoms with Gasteiger partial charge in [-0.2, -0.15) is 0 Å². The minimum absolute atomic E-state index is 0.00363. The predicted molar refractivity (Wildman–Crippen MR) is 175 cm³/mol. The molecule has 0 bridgehead atoms. The monoisotopic (exact) mass is 667 g/mol. The molecule has 0 aliphatic carbocycles. The number of rotatable bonds is 13. The molecule has 12 nitrogen and oxygen atoms in total. The van der Waals surface area contributed by atoms with Crippen molar-refractivity contribution in [3.8, 4) is 0 Å². The maximum atomic E-state index is 12.8. The zero-order chi connectivity index (χ0) is 35.5. The second kappa shape index (κ2) is 18.7. The maximum absolute atomic E-state index is 12.8. The number of hydrogen-bond donors (Lipinski definition) is 3. The van der Waals surface area contributed by atoms with E-state index in [-0.39, 0.29) is 68.5 Å². The van der Waals surface area contributed by atoms with E-state index >= 15 is 0 Å². The van der Waals surface area contributed by atoms with Crippen LogP contribution in [0.15, 0.2) is 36.0 Å². The van der Waals surface area contributed by atoms with Crippen LogP contribution in [0.25, 0.3) is 0 Å². The van der Waals surface area contributed by atoms with Crippen molar-refractivity contribution < 1.29 is 53.4 Å². The fraction of sp³-hybridized carbons (Fsp3) is 0.743. The Bertz CT molecular complexity index is 1110. The third-order valence-electron chi connectivity index (χ3n) is 9.04. The number of aliphatic hydroxyl groups is 3. The number of likely N-dealkylation sites (N-methyl/N-ethyl adjacent to an activating group) is 1. The quantitative estimate of drug-likeness (QED) is 0.0862. The summed E-state index contributed by atoms with van der Waals surface area (Å²) in [5.74, 6) is -1.69. The van der Waals surface area contributed by atoms with Crippen LogP contribution in [-0.2, 0) is 33.3 Å². The Kier molecular flexibility index (Phi) is 16.1. The van der Waals surface area contributed by atoms with Gasteiger partial charge in [0.2, 0.25) is 0 Å². The number of cyclic esters (lactones) is 1. The summed E-state index contributed by atoms with van der Waals surface area (Å²) in [4.78, 5) is 38.7. The summed E-state index contributed by atoms with van der Waals surface area (Å²) in [6.07, 6.45) is 5.26. The van der Waals surface area contributed by atoms with Crippen molar-refractivity contribution in [2.45, 2.75) is 122 Å². The van der Waals surface area contributed by atoms with E-state index < -0.39 is 48.0 Å². The standard InChI is InChI=1S/C35H57NO11/c1-10-27(43-9)24(5)32-33(46-32)31(47-34(41)36(8)18-19-37)22(3)13-11-12-21(2)30-23(4)14-15-28(44-25(6)38)35(7,42)17-16-26(39)20-29(40)45-30/h11-15,22-24,26-28,30-33,37,39,42H,10,16-20H2,1-9H3/b13-11+,15-14+,21-12+/t22-,23?,24?,26?,27?,28?,30?,31?,32?,33?,35?/m1/s1. The van der Waals surface area contributed by atoms with Crippen molar-refractivity contribution >= 4 is 18.0 Å². The molecule has 1 amide bonds. The van der Waals surface area contributed by atoms with Gasteiger partial charge < -0.3 is 43.9 Å². The summed E-state index contributed by atoms with van der Waals surface area (Å²) in [5.41, 5.74) is -0.751. The van der Waals surface area contributed by atoms with Gasteiger partial charge >= 0.3 is 18.0 Å². The van der Waals surface area contributed by atoms with Crippen LogP contribution in [0.5, 0.6) is 0 Å². The normalized spacial score (nSPS) is 32.2. The van der Waals surface area contributed by atoms with Crippen molar-refractivity contribution in [3.63, 3.8) is 0 Å². The van der Waals surface area contributed by atoms with Gasteiger partial charge in [0.1, 0.15) is 30.0 Å². The minimum atomic E-state index is -1.46. The molecule has 0 aromatic heterocycles. The molecule has 0 radical (unpaired) electrons. The highest BCUT2D eigenvalue weighted by atomic mass is 16.6. The van der Waals surface area contributed by atoms with Gasteiger partial charge in [-0.1, -0.05) is 52.0 Å². The molecule has 268 valence electrons. The molecule has 2 rings (SSSR count). The zero-order valence-corrected chi connectivity index (χ0v) is 29.5. The van der Waals surface area contributed by atoms with Crippen LogP contribution < -0.4 is 0 Å². The van der Waals surface area contributed by atoms with Gasteiger partial charge in [-0.15, -0.1) is 0 Å². The van der Waals surface area contributed by atoms with Gasteiger partial charge in [-0.25, -0.2) is 4.79 Å². The van der Waals surface area contributed by atoms with Crippen LogP contribution in [0.3, 0.4) is 0 Å². The van der Waals surface area contributed by atoms with Crippen molar-refractivity contribution in [2.24, 2.45) is 17.8 Å². The van der Waals surface area contributed by atoms with Crippen LogP contribution in [0.2, 0.25) is 0 Å². The molecule has 3 N–H and O–H groups in total. The molecule has 2 aliphatic rings. The lowest BCUT2D eigenvalue weighted by Gasteiger charge is -2.32. The SMILES string of the molecule is CCC(OC)C(C)C1OC1C(OC(=O)N(C)CCO)[C@H](C)/C=C/C=C(\C)C1OC(=O)CC(O)CCC(C)(O)C(OC(C)=O)/C=C/C1C. The van der Waals surface area contributed by atoms with Gasteiger partial charge in [-0.3, -0.25) is 9.59 Å². The van der Waals surface area contributed by atoms with Crippen LogP contribution >= 0.6 is 0 Å². The lowest BCUT2D eigenvalue weighted by atomic mass is 9.88. The number of methoxy groups -OCH3 is 1. The highest BCUT2D eigenvalue weighted by molar-refractivity contribution is 5.70. The molecule has 1 fully saturated rings.